The van der Waals surface area contributed by atoms with Crippen LogP contribution in [-0.2, 0) is 38.2 Å². The molecule has 0 radical (unpaired) electrons. The van der Waals surface area contributed by atoms with E-state index in [2.05, 4.69) is 0 Å². The molecule has 34 heavy (non-hydrogen) atoms. The summed E-state index contributed by atoms with van der Waals surface area (Å²) >= 11 is 0. The van der Waals surface area contributed by atoms with Crippen LogP contribution in [-0.4, -0.2) is 4.90 Å². The van der Waals surface area contributed by atoms with Crippen molar-refractivity contribution in [2.24, 2.45) is 0 Å². The third kappa shape index (κ3) is 6.99. The van der Waals surface area contributed by atoms with Crippen molar-refractivity contribution in [3.63, 3.8) is 0 Å². The fraction of sp³-hybridized carbons (Fsp3) is 0.250. The Labute approximate surface area is 189 Å². The van der Waals surface area contributed by atoms with Crippen molar-refractivity contribution >= 4 is 0 Å². The molecule has 0 aliphatic rings. The molecule has 0 saturated heterocycles. The summed E-state index contributed by atoms with van der Waals surface area (Å²) < 4.78 is 115. The highest BCUT2D eigenvalue weighted by Crippen LogP contribution is 2.31. The number of hydrogen-bond acceptors (Lipinski definition) is 1. The number of rotatable bonds is 6. The van der Waals surface area contributed by atoms with E-state index in [0.717, 1.165) is 36.4 Å². The maximum atomic E-state index is 12.8. The second kappa shape index (κ2) is 9.69. The van der Waals surface area contributed by atoms with Crippen LogP contribution in [0.2, 0.25) is 0 Å². The number of benzene rings is 3. The van der Waals surface area contributed by atoms with Crippen molar-refractivity contribution in [1.82, 2.24) is 4.90 Å². The quantitative estimate of drug-likeness (QED) is 0.317. The topological polar surface area (TPSA) is 3.24 Å². The van der Waals surface area contributed by atoms with Gasteiger partial charge in [-0.2, -0.15) is 39.5 Å². The van der Waals surface area contributed by atoms with Gasteiger partial charge in [0.15, 0.2) is 0 Å². The molecule has 0 heterocycles. The van der Waals surface area contributed by atoms with Crippen LogP contribution in [0.3, 0.4) is 0 Å². The van der Waals surface area contributed by atoms with E-state index >= 15 is 0 Å². The molecule has 0 unspecified atom stereocenters. The molecular weight excluding hydrogens is 473 g/mol. The van der Waals surface area contributed by atoms with E-state index in [4.69, 9.17) is 0 Å². The SMILES string of the molecule is FC(F)(F)c1ccc(CN(Cc2ccc(C(F)(F)F)cc2)Cc2ccc(C(F)(F)F)cc2)cc1. The highest BCUT2D eigenvalue weighted by Gasteiger charge is 2.31. The zero-order chi connectivity index (χ0) is 25.1. The number of halogens is 9. The molecule has 0 aliphatic heterocycles. The first kappa shape index (κ1) is 25.6. The van der Waals surface area contributed by atoms with Crippen LogP contribution >= 0.6 is 0 Å². The first-order chi connectivity index (χ1) is 15.7. The van der Waals surface area contributed by atoms with Crippen molar-refractivity contribution in [2.75, 3.05) is 0 Å². The predicted octanol–water partition coefficient (Wildman–Crippen LogP) is 7.95. The van der Waals surface area contributed by atoms with Gasteiger partial charge in [0.1, 0.15) is 0 Å². The summed E-state index contributed by atoms with van der Waals surface area (Å²) in [4.78, 5) is 1.72. The average molecular weight is 491 g/mol. The second-order valence-electron chi connectivity index (χ2n) is 7.73. The van der Waals surface area contributed by atoms with E-state index in [1.54, 1.807) is 4.90 Å². The molecule has 0 bridgehead atoms. The van der Waals surface area contributed by atoms with Crippen molar-refractivity contribution in [2.45, 2.75) is 38.2 Å². The van der Waals surface area contributed by atoms with Gasteiger partial charge in [0.05, 0.1) is 16.7 Å². The molecule has 0 amide bonds. The Hall–Kier alpha value is -3.01. The third-order valence-corrected chi connectivity index (χ3v) is 5.06. The van der Waals surface area contributed by atoms with Crippen LogP contribution < -0.4 is 0 Å². The lowest BCUT2D eigenvalue weighted by Gasteiger charge is -2.23. The van der Waals surface area contributed by atoms with E-state index in [-0.39, 0.29) is 19.6 Å². The molecule has 0 aromatic heterocycles. The zero-order valence-electron chi connectivity index (χ0n) is 17.4. The Morgan fingerprint density at radius 1 is 0.382 bits per heavy atom. The molecule has 3 rings (SSSR count). The molecule has 0 spiro atoms. The molecule has 1 nitrogen and oxygen atoms in total. The molecule has 0 N–H and O–H groups in total. The van der Waals surface area contributed by atoms with Crippen molar-refractivity contribution < 1.29 is 39.5 Å². The van der Waals surface area contributed by atoms with Crippen molar-refractivity contribution in [3.8, 4) is 0 Å². The maximum Gasteiger partial charge on any atom is 0.416 e. The minimum absolute atomic E-state index is 0.125. The Morgan fingerprint density at radius 3 is 0.765 bits per heavy atom. The van der Waals surface area contributed by atoms with Crippen LogP contribution in [0.5, 0.6) is 0 Å². The van der Waals surface area contributed by atoms with Gasteiger partial charge in [0.25, 0.3) is 0 Å². The highest BCUT2D eigenvalue weighted by atomic mass is 19.4. The summed E-state index contributed by atoms with van der Waals surface area (Å²) in [7, 11) is 0. The predicted molar refractivity (Wildman–Crippen MR) is 107 cm³/mol. The summed E-state index contributed by atoms with van der Waals surface area (Å²) in [6.45, 7) is 0.376. The molecular formula is C24H18F9N. The lowest BCUT2D eigenvalue weighted by Crippen LogP contribution is -2.22. The van der Waals surface area contributed by atoms with Gasteiger partial charge >= 0.3 is 18.5 Å². The normalized spacial score (nSPS) is 12.9. The van der Waals surface area contributed by atoms with Crippen molar-refractivity contribution in [3.05, 3.63) is 106 Å². The van der Waals surface area contributed by atoms with Crippen LogP contribution in [0.4, 0.5) is 39.5 Å². The second-order valence-corrected chi connectivity index (χ2v) is 7.73. The molecule has 0 atom stereocenters. The molecule has 3 aromatic rings. The number of nitrogens with zero attached hydrogens (tertiary/aromatic N) is 1. The van der Waals surface area contributed by atoms with Gasteiger partial charge in [0.2, 0.25) is 0 Å². The minimum atomic E-state index is -4.50. The van der Waals surface area contributed by atoms with Crippen LogP contribution in [0.25, 0.3) is 0 Å². The Kier molecular flexibility index (Phi) is 7.30. The highest BCUT2D eigenvalue weighted by molar-refractivity contribution is 5.28. The van der Waals surface area contributed by atoms with Gasteiger partial charge in [-0.25, -0.2) is 0 Å². The van der Waals surface area contributed by atoms with E-state index in [0.29, 0.717) is 16.7 Å². The lowest BCUT2D eigenvalue weighted by molar-refractivity contribution is -0.138. The van der Waals surface area contributed by atoms with E-state index in [1.165, 1.54) is 36.4 Å². The lowest BCUT2D eigenvalue weighted by atomic mass is 10.1. The van der Waals surface area contributed by atoms with Gasteiger partial charge in [0, 0.05) is 19.6 Å². The summed E-state index contributed by atoms with van der Waals surface area (Å²) in [6.07, 6.45) is -13.5. The Balaban J connectivity index is 1.82. The summed E-state index contributed by atoms with van der Waals surface area (Å²) in [6, 6.07) is 13.2. The van der Waals surface area contributed by atoms with Gasteiger partial charge < -0.3 is 0 Å². The zero-order valence-corrected chi connectivity index (χ0v) is 17.4. The largest absolute Gasteiger partial charge is 0.416 e. The van der Waals surface area contributed by atoms with Crippen LogP contribution in [0.1, 0.15) is 33.4 Å². The van der Waals surface area contributed by atoms with E-state index in [1.807, 2.05) is 0 Å². The molecule has 10 heteroatoms. The van der Waals surface area contributed by atoms with Gasteiger partial charge in [-0.05, 0) is 53.1 Å². The molecule has 3 aromatic carbocycles. The average Bonchev–Trinajstić information content (AvgIpc) is 2.73. The summed E-state index contributed by atoms with van der Waals surface area (Å²) in [5.74, 6) is 0. The third-order valence-electron chi connectivity index (χ3n) is 5.06. The summed E-state index contributed by atoms with van der Waals surface area (Å²) in [5, 5.41) is 0. The van der Waals surface area contributed by atoms with E-state index in [9.17, 15) is 39.5 Å². The molecule has 0 aliphatic carbocycles. The fourth-order valence-electron chi connectivity index (χ4n) is 3.34. The first-order valence-corrected chi connectivity index (χ1v) is 9.92. The van der Waals surface area contributed by atoms with Crippen LogP contribution in [0.15, 0.2) is 72.8 Å². The molecule has 0 fully saturated rings. The Morgan fingerprint density at radius 2 is 0.588 bits per heavy atom. The molecule has 182 valence electrons. The van der Waals surface area contributed by atoms with Crippen LogP contribution in [0, 0.1) is 0 Å². The number of alkyl halides is 9. The van der Waals surface area contributed by atoms with Gasteiger partial charge in [-0.1, -0.05) is 36.4 Å². The first-order valence-electron chi connectivity index (χ1n) is 9.92. The Bertz CT molecular complexity index is 921. The maximum absolute atomic E-state index is 12.8. The monoisotopic (exact) mass is 491 g/mol. The number of hydrogen-bond donors (Lipinski definition) is 0. The van der Waals surface area contributed by atoms with E-state index < -0.39 is 35.2 Å². The summed E-state index contributed by atoms with van der Waals surface area (Å²) in [5.41, 5.74) is -0.958. The van der Waals surface area contributed by atoms with Gasteiger partial charge in [-0.15, -0.1) is 0 Å². The van der Waals surface area contributed by atoms with Crippen molar-refractivity contribution in [1.29, 1.82) is 0 Å². The standard InChI is InChI=1S/C24H18F9N/c25-22(26,27)19-7-1-16(2-8-19)13-34(14-17-3-9-20(10-4-17)23(28,29)30)15-18-5-11-21(12-6-18)24(31,32)33/h1-12H,13-15H2. The fourth-order valence-corrected chi connectivity index (χ4v) is 3.34. The molecule has 0 saturated carbocycles. The smallest absolute Gasteiger partial charge is 0.291 e. The minimum Gasteiger partial charge on any atom is -0.291 e. The van der Waals surface area contributed by atoms with Gasteiger partial charge in [-0.3, -0.25) is 4.90 Å².